The monoisotopic (exact) mass is 407 g/mol. The van der Waals surface area contributed by atoms with Crippen LogP contribution in [0.3, 0.4) is 0 Å². The van der Waals surface area contributed by atoms with E-state index in [1.54, 1.807) is 6.07 Å². The van der Waals surface area contributed by atoms with Crippen LogP contribution in [0.1, 0.15) is 0 Å². The fraction of sp³-hybridized carbons (Fsp3) is 0.0556. The highest BCUT2D eigenvalue weighted by atomic mass is 32.2. The Hall–Kier alpha value is -3.40. The maximum absolute atomic E-state index is 13.9. The van der Waals surface area contributed by atoms with E-state index in [1.165, 1.54) is 31.5 Å². The van der Waals surface area contributed by atoms with Crippen molar-refractivity contribution >= 4 is 21.4 Å². The summed E-state index contributed by atoms with van der Waals surface area (Å²) in [6.45, 7) is 0. The van der Waals surface area contributed by atoms with Crippen molar-refractivity contribution in [2.24, 2.45) is 0 Å². The summed E-state index contributed by atoms with van der Waals surface area (Å²) in [5.41, 5.74) is 6.77. The third kappa shape index (κ3) is 3.81. The SMILES string of the molecule is COc1ncc(-c2ccc(O)c(N)c2)cc1NS(=O)(=O)c1ccc(F)cc1F. The van der Waals surface area contributed by atoms with Crippen LogP contribution in [0.15, 0.2) is 53.6 Å². The summed E-state index contributed by atoms with van der Waals surface area (Å²) in [6.07, 6.45) is 1.42. The molecule has 1 heterocycles. The molecule has 0 saturated carbocycles. The molecule has 7 nitrogen and oxygen atoms in total. The Bertz CT molecular complexity index is 1150. The molecule has 146 valence electrons. The predicted molar refractivity (Wildman–Crippen MR) is 99.5 cm³/mol. The molecule has 10 heteroatoms. The number of hydrogen-bond donors (Lipinski definition) is 3. The number of hydrogen-bond acceptors (Lipinski definition) is 6. The molecule has 0 saturated heterocycles. The number of pyridine rings is 1. The van der Waals surface area contributed by atoms with Crippen LogP contribution in [0, 0.1) is 11.6 Å². The highest BCUT2D eigenvalue weighted by Gasteiger charge is 2.22. The highest BCUT2D eigenvalue weighted by Crippen LogP contribution is 2.33. The van der Waals surface area contributed by atoms with Crippen LogP contribution in [-0.4, -0.2) is 25.6 Å². The molecule has 0 aliphatic carbocycles. The van der Waals surface area contributed by atoms with E-state index in [4.69, 9.17) is 10.5 Å². The molecule has 3 rings (SSSR count). The largest absolute Gasteiger partial charge is 0.506 e. The molecule has 2 aromatic carbocycles. The molecule has 0 aliphatic heterocycles. The molecule has 0 aliphatic rings. The van der Waals surface area contributed by atoms with Gasteiger partial charge >= 0.3 is 0 Å². The summed E-state index contributed by atoms with van der Waals surface area (Å²) in [5.74, 6) is -2.29. The molecule has 0 fully saturated rings. The fourth-order valence-electron chi connectivity index (χ4n) is 2.47. The van der Waals surface area contributed by atoms with Crippen molar-refractivity contribution in [3.05, 3.63) is 60.3 Å². The lowest BCUT2D eigenvalue weighted by molar-refractivity contribution is 0.400. The zero-order chi connectivity index (χ0) is 20.5. The van der Waals surface area contributed by atoms with Gasteiger partial charge in [-0.2, -0.15) is 0 Å². The van der Waals surface area contributed by atoms with Gasteiger partial charge in [0.15, 0.2) is 0 Å². The smallest absolute Gasteiger partial charge is 0.264 e. The quantitative estimate of drug-likeness (QED) is 0.442. The van der Waals surface area contributed by atoms with E-state index >= 15 is 0 Å². The summed E-state index contributed by atoms with van der Waals surface area (Å²) in [6, 6.07) is 7.97. The number of phenolic OH excluding ortho intramolecular Hbond substituents is 1. The second kappa shape index (κ2) is 7.31. The van der Waals surface area contributed by atoms with Gasteiger partial charge in [0.05, 0.1) is 12.8 Å². The van der Waals surface area contributed by atoms with Gasteiger partial charge in [0, 0.05) is 17.8 Å². The molecular formula is C18H15F2N3O4S. The number of aromatic nitrogens is 1. The molecule has 0 amide bonds. The van der Waals surface area contributed by atoms with Crippen molar-refractivity contribution in [1.82, 2.24) is 4.98 Å². The summed E-state index contributed by atoms with van der Waals surface area (Å²) in [5, 5.41) is 9.54. The van der Waals surface area contributed by atoms with E-state index in [1.807, 2.05) is 0 Å². The van der Waals surface area contributed by atoms with Crippen molar-refractivity contribution in [3.8, 4) is 22.8 Å². The first-order valence-corrected chi connectivity index (χ1v) is 9.30. The van der Waals surface area contributed by atoms with Crippen LogP contribution in [0.25, 0.3) is 11.1 Å². The number of sulfonamides is 1. The number of methoxy groups -OCH3 is 1. The van der Waals surface area contributed by atoms with Gasteiger partial charge in [-0.1, -0.05) is 6.07 Å². The number of aromatic hydroxyl groups is 1. The summed E-state index contributed by atoms with van der Waals surface area (Å²) in [4.78, 5) is 3.31. The molecule has 0 unspecified atom stereocenters. The number of anilines is 2. The predicted octanol–water partition coefficient (Wildman–Crippen LogP) is 3.12. The summed E-state index contributed by atoms with van der Waals surface area (Å²) >= 11 is 0. The molecule has 0 spiro atoms. The number of halogens is 2. The molecule has 4 N–H and O–H groups in total. The van der Waals surface area contributed by atoms with Crippen molar-refractivity contribution in [2.75, 3.05) is 17.6 Å². The Morgan fingerprint density at radius 2 is 1.86 bits per heavy atom. The first-order chi connectivity index (χ1) is 13.2. The minimum Gasteiger partial charge on any atom is -0.506 e. The Balaban J connectivity index is 2.04. The van der Waals surface area contributed by atoms with E-state index in [2.05, 4.69) is 9.71 Å². The number of rotatable bonds is 5. The Kier molecular flexibility index (Phi) is 5.06. The van der Waals surface area contributed by atoms with E-state index in [9.17, 15) is 22.3 Å². The van der Waals surface area contributed by atoms with Crippen LogP contribution < -0.4 is 15.2 Å². The molecule has 1 aromatic heterocycles. The van der Waals surface area contributed by atoms with Crippen molar-refractivity contribution in [3.63, 3.8) is 0 Å². The third-order valence-corrected chi connectivity index (χ3v) is 5.23. The molecule has 3 aromatic rings. The van der Waals surface area contributed by atoms with Gasteiger partial charge < -0.3 is 15.6 Å². The average Bonchev–Trinajstić information content (AvgIpc) is 2.63. The average molecular weight is 407 g/mol. The molecular weight excluding hydrogens is 392 g/mol. The zero-order valence-electron chi connectivity index (χ0n) is 14.5. The van der Waals surface area contributed by atoms with E-state index in [0.717, 1.165) is 12.1 Å². The van der Waals surface area contributed by atoms with Gasteiger partial charge in [-0.15, -0.1) is 0 Å². The number of nitrogens with zero attached hydrogens (tertiary/aromatic N) is 1. The number of nitrogens with two attached hydrogens (primary N) is 1. The van der Waals surface area contributed by atoms with Crippen LogP contribution in [0.2, 0.25) is 0 Å². The third-order valence-electron chi connectivity index (χ3n) is 3.83. The summed E-state index contributed by atoms with van der Waals surface area (Å²) < 4.78 is 59.3. The van der Waals surface area contributed by atoms with E-state index in [-0.39, 0.29) is 23.0 Å². The first kappa shape index (κ1) is 19.4. The van der Waals surface area contributed by atoms with E-state index < -0.39 is 26.6 Å². The van der Waals surface area contributed by atoms with Gasteiger partial charge in [0.25, 0.3) is 10.0 Å². The van der Waals surface area contributed by atoms with Gasteiger partial charge in [0.1, 0.15) is 28.0 Å². The fourth-order valence-corrected chi connectivity index (χ4v) is 3.58. The lowest BCUT2D eigenvalue weighted by atomic mass is 10.1. The zero-order valence-corrected chi connectivity index (χ0v) is 15.3. The normalized spacial score (nSPS) is 11.2. The van der Waals surface area contributed by atoms with Crippen LogP contribution in [0.4, 0.5) is 20.2 Å². The van der Waals surface area contributed by atoms with E-state index in [0.29, 0.717) is 17.2 Å². The van der Waals surface area contributed by atoms with Crippen LogP contribution in [-0.2, 0) is 10.0 Å². The van der Waals surface area contributed by atoms with Crippen molar-refractivity contribution < 1.29 is 27.0 Å². The minimum atomic E-state index is -4.38. The Morgan fingerprint density at radius 1 is 1.11 bits per heavy atom. The number of benzene rings is 2. The number of ether oxygens (including phenoxy) is 1. The Labute approximate surface area is 159 Å². The lowest BCUT2D eigenvalue weighted by Crippen LogP contribution is -2.15. The second-order valence-corrected chi connectivity index (χ2v) is 7.39. The van der Waals surface area contributed by atoms with Crippen LogP contribution in [0.5, 0.6) is 11.6 Å². The maximum atomic E-state index is 13.9. The number of phenols is 1. The van der Waals surface area contributed by atoms with Gasteiger partial charge in [-0.05, 0) is 35.9 Å². The van der Waals surface area contributed by atoms with Crippen molar-refractivity contribution in [2.45, 2.75) is 4.90 Å². The Morgan fingerprint density at radius 3 is 2.50 bits per heavy atom. The standard InChI is InChI=1S/C18H15F2N3O4S/c1-27-18-15(23-28(25,26)17-5-3-12(19)8-13(17)20)7-11(9-22-18)10-2-4-16(24)14(21)6-10/h2-9,23-24H,21H2,1H3. The van der Waals surface area contributed by atoms with Crippen molar-refractivity contribution in [1.29, 1.82) is 0 Å². The molecule has 28 heavy (non-hydrogen) atoms. The summed E-state index contributed by atoms with van der Waals surface area (Å²) in [7, 11) is -3.10. The van der Waals surface area contributed by atoms with Crippen LogP contribution >= 0.6 is 0 Å². The number of nitrogen functional groups attached to an aromatic ring is 1. The molecule has 0 bridgehead atoms. The number of nitrogens with one attached hydrogen (secondary N) is 1. The molecule has 0 atom stereocenters. The van der Waals surface area contributed by atoms with Gasteiger partial charge in [0.2, 0.25) is 5.88 Å². The topological polar surface area (TPSA) is 115 Å². The van der Waals surface area contributed by atoms with Gasteiger partial charge in [-0.3, -0.25) is 4.72 Å². The first-order valence-electron chi connectivity index (χ1n) is 7.82. The molecule has 0 radical (unpaired) electrons. The van der Waals surface area contributed by atoms with Gasteiger partial charge in [-0.25, -0.2) is 22.2 Å². The second-order valence-electron chi connectivity index (χ2n) is 5.73. The minimum absolute atomic E-state index is 0.0541. The maximum Gasteiger partial charge on any atom is 0.264 e. The highest BCUT2D eigenvalue weighted by molar-refractivity contribution is 7.92. The lowest BCUT2D eigenvalue weighted by Gasteiger charge is -2.13.